The highest BCUT2D eigenvalue weighted by Gasteiger charge is 2.18. The molecule has 4 nitrogen and oxygen atoms in total. The minimum Gasteiger partial charge on any atom is -0.409 e. The first kappa shape index (κ1) is 9.02. The zero-order chi connectivity index (χ0) is 9.97. The van der Waals surface area contributed by atoms with Crippen molar-refractivity contribution in [2.75, 3.05) is 6.54 Å². The van der Waals surface area contributed by atoms with Gasteiger partial charge in [-0.1, -0.05) is 29.4 Å². The molecule has 1 aliphatic heterocycles. The van der Waals surface area contributed by atoms with Gasteiger partial charge in [-0.25, -0.2) is 0 Å². The summed E-state index contributed by atoms with van der Waals surface area (Å²) >= 11 is 0. The van der Waals surface area contributed by atoms with Crippen LogP contribution in [-0.2, 0) is 13.1 Å². The third-order valence-corrected chi connectivity index (χ3v) is 2.42. The van der Waals surface area contributed by atoms with E-state index >= 15 is 0 Å². The molecular formula is C10H13N3O. The number of hydrogen-bond donors (Lipinski definition) is 2. The number of benzene rings is 1. The summed E-state index contributed by atoms with van der Waals surface area (Å²) < 4.78 is 0. The summed E-state index contributed by atoms with van der Waals surface area (Å²) in [6, 6.07) is 8.29. The Bertz CT molecular complexity index is 337. The van der Waals surface area contributed by atoms with Gasteiger partial charge in [-0.2, -0.15) is 0 Å². The highest BCUT2D eigenvalue weighted by Crippen LogP contribution is 2.21. The zero-order valence-corrected chi connectivity index (χ0v) is 7.85. The first-order chi connectivity index (χ1) is 6.79. The van der Waals surface area contributed by atoms with Gasteiger partial charge in [0, 0.05) is 13.1 Å². The molecule has 14 heavy (non-hydrogen) atoms. The van der Waals surface area contributed by atoms with Crippen LogP contribution in [0.25, 0.3) is 0 Å². The normalized spacial score (nSPS) is 17.0. The van der Waals surface area contributed by atoms with Crippen LogP contribution in [0.2, 0.25) is 0 Å². The van der Waals surface area contributed by atoms with E-state index in [1.807, 2.05) is 12.1 Å². The minimum atomic E-state index is 0.262. The number of nitrogens with two attached hydrogens (primary N) is 1. The van der Waals surface area contributed by atoms with Crippen LogP contribution in [0.15, 0.2) is 29.4 Å². The largest absolute Gasteiger partial charge is 0.409 e. The lowest BCUT2D eigenvalue weighted by molar-refractivity contribution is 0.297. The number of nitrogens with zero attached hydrogens (tertiary/aromatic N) is 2. The van der Waals surface area contributed by atoms with Crippen LogP contribution < -0.4 is 5.73 Å². The van der Waals surface area contributed by atoms with E-state index in [0.29, 0.717) is 6.54 Å². The molecule has 2 rings (SSSR count). The van der Waals surface area contributed by atoms with Crippen molar-refractivity contribution < 1.29 is 5.21 Å². The maximum atomic E-state index is 8.45. The van der Waals surface area contributed by atoms with Crippen molar-refractivity contribution in [2.45, 2.75) is 13.1 Å². The van der Waals surface area contributed by atoms with Gasteiger partial charge in [-0.15, -0.1) is 0 Å². The van der Waals surface area contributed by atoms with E-state index in [0.717, 1.165) is 13.1 Å². The third-order valence-electron chi connectivity index (χ3n) is 2.42. The molecule has 0 aliphatic carbocycles. The Morgan fingerprint density at radius 2 is 1.93 bits per heavy atom. The molecule has 1 aromatic rings. The maximum absolute atomic E-state index is 8.45. The van der Waals surface area contributed by atoms with Gasteiger partial charge >= 0.3 is 0 Å². The summed E-state index contributed by atoms with van der Waals surface area (Å²) in [7, 11) is 0. The molecule has 0 fully saturated rings. The molecule has 0 unspecified atom stereocenters. The van der Waals surface area contributed by atoms with Crippen molar-refractivity contribution in [3.63, 3.8) is 0 Å². The molecule has 0 spiro atoms. The van der Waals surface area contributed by atoms with Gasteiger partial charge in [-0.05, 0) is 11.1 Å². The van der Waals surface area contributed by atoms with Gasteiger partial charge < -0.3 is 10.9 Å². The SMILES string of the molecule is NC(CN1Cc2ccccc2C1)=NO. The maximum Gasteiger partial charge on any atom is 0.153 e. The number of amidine groups is 1. The molecule has 0 bridgehead atoms. The van der Waals surface area contributed by atoms with E-state index in [1.165, 1.54) is 11.1 Å². The van der Waals surface area contributed by atoms with E-state index in [2.05, 4.69) is 22.2 Å². The fourth-order valence-corrected chi connectivity index (χ4v) is 1.78. The van der Waals surface area contributed by atoms with Gasteiger partial charge in [0.1, 0.15) is 0 Å². The standard InChI is InChI=1S/C10H13N3O/c11-10(12-14)7-13-5-8-3-1-2-4-9(8)6-13/h1-4,14H,5-7H2,(H2,11,12). The van der Waals surface area contributed by atoms with Crippen LogP contribution in [-0.4, -0.2) is 22.5 Å². The van der Waals surface area contributed by atoms with Crippen LogP contribution >= 0.6 is 0 Å². The van der Waals surface area contributed by atoms with Crippen molar-refractivity contribution in [1.82, 2.24) is 4.90 Å². The Kier molecular flexibility index (Phi) is 2.37. The number of fused-ring (bicyclic) bond motifs is 1. The summed E-state index contributed by atoms with van der Waals surface area (Å²) in [5.74, 6) is 0.262. The second kappa shape index (κ2) is 3.67. The topological polar surface area (TPSA) is 61.8 Å². The van der Waals surface area contributed by atoms with Gasteiger partial charge in [0.05, 0.1) is 6.54 Å². The van der Waals surface area contributed by atoms with Gasteiger partial charge in [-0.3, -0.25) is 4.90 Å². The molecule has 74 valence electrons. The number of hydrogen-bond acceptors (Lipinski definition) is 3. The van der Waals surface area contributed by atoms with E-state index in [1.54, 1.807) is 0 Å². The first-order valence-electron chi connectivity index (χ1n) is 4.55. The highest BCUT2D eigenvalue weighted by molar-refractivity contribution is 5.81. The lowest BCUT2D eigenvalue weighted by Crippen LogP contribution is -2.30. The Morgan fingerprint density at radius 1 is 1.36 bits per heavy atom. The van der Waals surface area contributed by atoms with Crippen LogP contribution in [0, 0.1) is 0 Å². The lowest BCUT2D eigenvalue weighted by Gasteiger charge is -2.12. The highest BCUT2D eigenvalue weighted by atomic mass is 16.4. The summed E-state index contributed by atoms with van der Waals surface area (Å²) in [6.07, 6.45) is 0. The predicted molar refractivity (Wildman–Crippen MR) is 54.0 cm³/mol. The molecule has 4 heteroatoms. The summed E-state index contributed by atoms with van der Waals surface area (Å²) in [5.41, 5.74) is 8.11. The van der Waals surface area contributed by atoms with Crippen molar-refractivity contribution in [2.24, 2.45) is 10.9 Å². The second-order valence-electron chi connectivity index (χ2n) is 3.51. The first-order valence-corrected chi connectivity index (χ1v) is 4.55. The molecule has 0 atom stereocenters. The Labute approximate surface area is 82.6 Å². The van der Waals surface area contributed by atoms with E-state index in [9.17, 15) is 0 Å². The molecule has 1 aromatic carbocycles. The fraction of sp³-hybridized carbons (Fsp3) is 0.300. The quantitative estimate of drug-likeness (QED) is 0.314. The van der Waals surface area contributed by atoms with E-state index < -0.39 is 0 Å². The van der Waals surface area contributed by atoms with Crippen LogP contribution in [0.5, 0.6) is 0 Å². The molecule has 1 heterocycles. The van der Waals surface area contributed by atoms with E-state index in [4.69, 9.17) is 10.9 Å². The minimum absolute atomic E-state index is 0.262. The molecule has 0 saturated heterocycles. The predicted octanol–water partition coefficient (Wildman–Crippen LogP) is 0.749. The van der Waals surface area contributed by atoms with Crippen molar-refractivity contribution in [1.29, 1.82) is 0 Å². The number of oxime groups is 1. The smallest absolute Gasteiger partial charge is 0.153 e. The van der Waals surface area contributed by atoms with Crippen LogP contribution in [0.1, 0.15) is 11.1 Å². The molecule has 0 radical (unpaired) electrons. The number of rotatable bonds is 2. The monoisotopic (exact) mass is 191 g/mol. The molecule has 1 aliphatic rings. The Morgan fingerprint density at radius 3 is 2.43 bits per heavy atom. The summed E-state index contributed by atoms with van der Waals surface area (Å²) in [4.78, 5) is 2.14. The van der Waals surface area contributed by atoms with Crippen molar-refractivity contribution >= 4 is 5.84 Å². The second-order valence-corrected chi connectivity index (χ2v) is 3.51. The van der Waals surface area contributed by atoms with Crippen LogP contribution in [0.4, 0.5) is 0 Å². The summed E-state index contributed by atoms with van der Waals surface area (Å²) in [6.45, 7) is 2.28. The van der Waals surface area contributed by atoms with E-state index in [-0.39, 0.29) is 5.84 Å². The van der Waals surface area contributed by atoms with Gasteiger partial charge in [0.15, 0.2) is 5.84 Å². The molecule has 0 saturated carbocycles. The molecular weight excluding hydrogens is 178 g/mol. The fourth-order valence-electron chi connectivity index (χ4n) is 1.78. The van der Waals surface area contributed by atoms with Crippen molar-refractivity contribution in [3.8, 4) is 0 Å². The molecule has 3 N–H and O–H groups in total. The Hall–Kier alpha value is -1.55. The van der Waals surface area contributed by atoms with Gasteiger partial charge in [0.2, 0.25) is 0 Å². The van der Waals surface area contributed by atoms with Crippen molar-refractivity contribution in [3.05, 3.63) is 35.4 Å². The van der Waals surface area contributed by atoms with Crippen LogP contribution in [0.3, 0.4) is 0 Å². The third kappa shape index (κ3) is 1.70. The zero-order valence-electron chi connectivity index (χ0n) is 7.85. The molecule has 0 amide bonds. The average Bonchev–Trinajstić information content (AvgIpc) is 2.59. The lowest BCUT2D eigenvalue weighted by atomic mass is 10.1. The Balaban J connectivity index is 2.05. The van der Waals surface area contributed by atoms with Gasteiger partial charge in [0.25, 0.3) is 0 Å². The molecule has 0 aromatic heterocycles. The summed E-state index contributed by atoms with van der Waals surface area (Å²) in [5, 5.41) is 11.4. The average molecular weight is 191 g/mol.